The van der Waals surface area contributed by atoms with Crippen molar-refractivity contribution in [2.45, 2.75) is 33.0 Å². The predicted molar refractivity (Wildman–Crippen MR) is 78.8 cm³/mol. The van der Waals surface area contributed by atoms with E-state index in [9.17, 15) is 0 Å². The van der Waals surface area contributed by atoms with Crippen molar-refractivity contribution in [3.05, 3.63) is 34.0 Å². The monoisotopic (exact) mass is 292 g/mol. The highest BCUT2D eigenvalue weighted by Crippen LogP contribution is 2.16. The van der Waals surface area contributed by atoms with Crippen LogP contribution in [0.15, 0.2) is 18.6 Å². The van der Waals surface area contributed by atoms with E-state index in [1.54, 1.807) is 11.3 Å². The van der Waals surface area contributed by atoms with Gasteiger partial charge in [-0.2, -0.15) is 5.10 Å². The van der Waals surface area contributed by atoms with Crippen LogP contribution in [-0.4, -0.2) is 45.5 Å². The Bertz CT molecular complexity index is 517. The molecule has 1 saturated heterocycles. The first kappa shape index (κ1) is 13.7. The van der Waals surface area contributed by atoms with Gasteiger partial charge in [0.1, 0.15) is 0 Å². The molecule has 2 aromatic rings. The summed E-state index contributed by atoms with van der Waals surface area (Å²) in [5.41, 5.74) is 1.19. The number of rotatable bonds is 4. The number of thiazole rings is 1. The largest absolute Gasteiger partial charge is 0.374 e. The Hall–Kier alpha value is -1.24. The molecule has 1 fully saturated rings. The molecule has 3 heterocycles. The molecule has 20 heavy (non-hydrogen) atoms. The van der Waals surface area contributed by atoms with Crippen LogP contribution >= 0.6 is 11.3 Å². The SMILES string of the molecule is Cc1cnn(C[C@H]2CN(Cc3cnc(C)s3)CCO2)c1. The Balaban J connectivity index is 1.56. The maximum atomic E-state index is 5.85. The van der Waals surface area contributed by atoms with Crippen LogP contribution in [0.25, 0.3) is 0 Å². The van der Waals surface area contributed by atoms with E-state index in [1.165, 1.54) is 10.4 Å². The molecule has 108 valence electrons. The van der Waals surface area contributed by atoms with Gasteiger partial charge in [0.2, 0.25) is 0 Å². The van der Waals surface area contributed by atoms with Gasteiger partial charge in [0, 0.05) is 36.9 Å². The Morgan fingerprint density at radius 2 is 2.30 bits per heavy atom. The van der Waals surface area contributed by atoms with E-state index in [2.05, 4.69) is 35.0 Å². The summed E-state index contributed by atoms with van der Waals surface area (Å²) in [4.78, 5) is 8.09. The van der Waals surface area contributed by atoms with Gasteiger partial charge in [-0.05, 0) is 19.4 Å². The zero-order valence-electron chi connectivity index (χ0n) is 12.0. The first-order valence-corrected chi connectivity index (χ1v) is 7.75. The maximum Gasteiger partial charge on any atom is 0.0898 e. The van der Waals surface area contributed by atoms with Gasteiger partial charge in [-0.1, -0.05) is 0 Å². The molecule has 2 aromatic heterocycles. The molecule has 0 spiro atoms. The molecule has 6 heteroatoms. The lowest BCUT2D eigenvalue weighted by Crippen LogP contribution is -2.43. The number of aryl methyl sites for hydroxylation is 2. The molecule has 1 atom stereocenters. The fraction of sp³-hybridized carbons (Fsp3) is 0.571. The minimum absolute atomic E-state index is 0.220. The Morgan fingerprint density at radius 3 is 3.00 bits per heavy atom. The lowest BCUT2D eigenvalue weighted by atomic mass is 10.2. The fourth-order valence-corrected chi connectivity index (χ4v) is 3.35. The van der Waals surface area contributed by atoms with Crippen LogP contribution in [0.3, 0.4) is 0 Å². The molecule has 0 radical (unpaired) electrons. The van der Waals surface area contributed by atoms with Crippen LogP contribution in [0.1, 0.15) is 15.4 Å². The lowest BCUT2D eigenvalue weighted by Gasteiger charge is -2.32. The molecule has 0 aliphatic carbocycles. The van der Waals surface area contributed by atoms with E-state index < -0.39 is 0 Å². The number of ether oxygens (including phenoxy) is 1. The minimum Gasteiger partial charge on any atom is -0.374 e. The van der Waals surface area contributed by atoms with Crippen molar-refractivity contribution in [2.24, 2.45) is 0 Å². The van der Waals surface area contributed by atoms with E-state index in [0.29, 0.717) is 0 Å². The highest BCUT2D eigenvalue weighted by atomic mass is 32.1. The lowest BCUT2D eigenvalue weighted by molar-refractivity contribution is -0.0399. The number of nitrogens with zero attached hydrogens (tertiary/aromatic N) is 4. The van der Waals surface area contributed by atoms with E-state index in [0.717, 1.165) is 37.8 Å². The Labute approximate surface area is 123 Å². The molecule has 0 amide bonds. The second-order valence-electron chi connectivity index (χ2n) is 5.31. The van der Waals surface area contributed by atoms with Crippen LogP contribution < -0.4 is 0 Å². The molecule has 0 aromatic carbocycles. The quantitative estimate of drug-likeness (QED) is 0.862. The second-order valence-corrected chi connectivity index (χ2v) is 6.63. The third-order valence-electron chi connectivity index (χ3n) is 3.42. The van der Waals surface area contributed by atoms with Crippen molar-refractivity contribution in [2.75, 3.05) is 19.7 Å². The highest BCUT2D eigenvalue weighted by molar-refractivity contribution is 7.11. The Morgan fingerprint density at radius 1 is 1.40 bits per heavy atom. The number of aromatic nitrogens is 3. The number of morpholine rings is 1. The minimum atomic E-state index is 0.220. The molecular formula is C14H20N4OS. The summed E-state index contributed by atoms with van der Waals surface area (Å²) in [6, 6.07) is 0. The van der Waals surface area contributed by atoms with Crippen LogP contribution in [0.5, 0.6) is 0 Å². The fourth-order valence-electron chi connectivity index (χ4n) is 2.51. The third kappa shape index (κ3) is 3.45. The summed E-state index contributed by atoms with van der Waals surface area (Å²) in [7, 11) is 0. The first-order valence-electron chi connectivity index (χ1n) is 6.93. The van der Waals surface area contributed by atoms with Crippen LogP contribution in [-0.2, 0) is 17.8 Å². The second kappa shape index (κ2) is 6.03. The molecule has 0 N–H and O–H groups in total. The average Bonchev–Trinajstić information content (AvgIpc) is 2.99. The predicted octanol–water partition coefficient (Wildman–Crippen LogP) is 1.86. The summed E-state index contributed by atoms with van der Waals surface area (Å²) in [5, 5.41) is 5.47. The average molecular weight is 292 g/mol. The summed E-state index contributed by atoms with van der Waals surface area (Å²) < 4.78 is 7.82. The molecule has 1 aliphatic heterocycles. The van der Waals surface area contributed by atoms with Crippen molar-refractivity contribution in [3.63, 3.8) is 0 Å². The van der Waals surface area contributed by atoms with Gasteiger partial charge in [-0.3, -0.25) is 9.58 Å². The molecule has 0 saturated carbocycles. The molecule has 0 bridgehead atoms. The molecular weight excluding hydrogens is 272 g/mol. The van der Waals surface area contributed by atoms with E-state index in [1.807, 2.05) is 17.1 Å². The summed E-state index contributed by atoms with van der Waals surface area (Å²) >= 11 is 1.78. The van der Waals surface area contributed by atoms with E-state index in [-0.39, 0.29) is 6.10 Å². The van der Waals surface area contributed by atoms with Crippen molar-refractivity contribution in [1.29, 1.82) is 0 Å². The smallest absolute Gasteiger partial charge is 0.0898 e. The summed E-state index contributed by atoms with van der Waals surface area (Å²) in [6.45, 7) is 8.65. The standard InChI is InChI=1S/C14H20N4OS/c1-11-5-16-18(7-11)9-13-8-17(3-4-19-13)10-14-6-15-12(2)20-14/h5-7,13H,3-4,8-10H2,1-2H3/t13-/m1/s1. The van der Waals surface area contributed by atoms with Crippen molar-refractivity contribution < 1.29 is 4.74 Å². The van der Waals surface area contributed by atoms with Crippen molar-refractivity contribution in [3.8, 4) is 0 Å². The normalized spacial score (nSPS) is 20.4. The topological polar surface area (TPSA) is 43.2 Å². The van der Waals surface area contributed by atoms with Crippen LogP contribution in [0.2, 0.25) is 0 Å². The van der Waals surface area contributed by atoms with Crippen molar-refractivity contribution >= 4 is 11.3 Å². The van der Waals surface area contributed by atoms with Crippen molar-refractivity contribution in [1.82, 2.24) is 19.7 Å². The van der Waals surface area contributed by atoms with Gasteiger partial charge in [0.05, 0.1) is 30.5 Å². The molecule has 1 aliphatic rings. The highest BCUT2D eigenvalue weighted by Gasteiger charge is 2.21. The van der Waals surface area contributed by atoms with Gasteiger partial charge in [0.15, 0.2) is 0 Å². The van der Waals surface area contributed by atoms with Gasteiger partial charge in [-0.25, -0.2) is 4.98 Å². The zero-order valence-corrected chi connectivity index (χ0v) is 12.8. The van der Waals surface area contributed by atoms with Gasteiger partial charge < -0.3 is 4.74 Å². The van der Waals surface area contributed by atoms with E-state index >= 15 is 0 Å². The molecule has 5 nitrogen and oxygen atoms in total. The number of hydrogen-bond donors (Lipinski definition) is 0. The molecule has 0 unspecified atom stereocenters. The van der Waals surface area contributed by atoms with E-state index in [4.69, 9.17) is 4.74 Å². The number of hydrogen-bond acceptors (Lipinski definition) is 5. The van der Waals surface area contributed by atoms with Gasteiger partial charge in [0.25, 0.3) is 0 Å². The van der Waals surface area contributed by atoms with Gasteiger partial charge in [-0.15, -0.1) is 11.3 Å². The summed E-state index contributed by atoms with van der Waals surface area (Å²) in [5.74, 6) is 0. The molecule has 3 rings (SSSR count). The van der Waals surface area contributed by atoms with Gasteiger partial charge >= 0.3 is 0 Å². The van der Waals surface area contributed by atoms with Crippen LogP contribution in [0, 0.1) is 13.8 Å². The third-order valence-corrected chi connectivity index (χ3v) is 4.32. The zero-order chi connectivity index (χ0) is 13.9. The first-order chi connectivity index (χ1) is 9.69. The maximum absolute atomic E-state index is 5.85. The summed E-state index contributed by atoms with van der Waals surface area (Å²) in [6.07, 6.45) is 6.16. The Kier molecular flexibility index (Phi) is 4.14. The van der Waals surface area contributed by atoms with Crippen LogP contribution in [0.4, 0.5) is 0 Å².